The number of urea groups is 1. The molecule has 2 atom stereocenters. The molecular formula is C21H26N6O5. The van der Waals surface area contributed by atoms with Gasteiger partial charge in [0.05, 0.1) is 29.6 Å². The molecule has 0 unspecified atom stereocenters. The number of primary amides is 1. The maximum absolute atomic E-state index is 11.3. The first-order chi connectivity index (χ1) is 15.3. The normalized spacial score (nSPS) is 19.2. The molecule has 0 spiro atoms. The lowest BCUT2D eigenvalue weighted by Gasteiger charge is -2.26. The number of aliphatic hydroxyl groups is 1. The average Bonchev–Trinajstić information content (AvgIpc) is 3.37. The van der Waals surface area contributed by atoms with E-state index in [4.69, 9.17) is 24.9 Å². The lowest BCUT2D eigenvalue weighted by atomic mass is 9.97. The Kier molecular flexibility index (Phi) is 5.96. The van der Waals surface area contributed by atoms with Gasteiger partial charge in [0.2, 0.25) is 0 Å². The van der Waals surface area contributed by atoms with E-state index in [1.165, 1.54) is 0 Å². The van der Waals surface area contributed by atoms with Crippen molar-refractivity contribution in [3.05, 3.63) is 35.8 Å². The molecule has 32 heavy (non-hydrogen) atoms. The molecule has 11 heteroatoms. The SMILES string of the molecule is CO[C@@]1(c2cc(OC[C@@H](C)O)cc(-n3nc(C)c4cnc(NC(N)=O)cc43)n2)CCOC1. The van der Waals surface area contributed by atoms with Crippen LogP contribution in [0.2, 0.25) is 0 Å². The summed E-state index contributed by atoms with van der Waals surface area (Å²) in [4.78, 5) is 20.3. The predicted molar refractivity (Wildman–Crippen MR) is 116 cm³/mol. The van der Waals surface area contributed by atoms with Crippen LogP contribution < -0.4 is 15.8 Å². The van der Waals surface area contributed by atoms with Crippen LogP contribution in [0, 0.1) is 6.92 Å². The summed E-state index contributed by atoms with van der Waals surface area (Å²) >= 11 is 0. The number of carbonyl (C=O) groups excluding carboxylic acids is 1. The van der Waals surface area contributed by atoms with Crippen molar-refractivity contribution >= 4 is 22.8 Å². The fourth-order valence-corrected chi connectivity index (χ4v) is 3.67. The molecule has 0 aliphatic carbocycles. The molecule has 3 aromatic heterocycles. The summed E-state index contributed by atoms with van der Waals surface area (Å²) in [7, 11) is 1.63. The molecule has 4 rings (SSSR count). The van der Waals surface area contributed by atoms with E-state index in [1.807, 2.05) is 6.92 Å². The van der Waals surface area contributed by atoms with Crippen molar-refractivity contribution < 1.29 is 24.1 Å². The molecular weight excluding hydrogens is 416 g/mol. The number of fused-ring (bicyclic) bond motifs is 1. The standard InChI is InChI=1S/C21H26N6O5/c1-12(28)10-32-14-6-17(21(30-3)4-5-31-11-21)24-19(7-14)27-16-8-18(25-20(22)29)23-9-15(16)13(2)26-27/h6-9,12,28H,4-5,10-11H2,1-3H3,(H3,22,23,25,29)/t12-,21+/m1/s1. The summed E-state index contributed by atoms with van der Waals surface area (Å²) in [5.74, 6) is 1.30. The number of aryl methyl sites for hydroxylation is 1. The Morgan fingerprint density at radius 2 is 2.25 bits per heavy atom. The highest BCUT2D eigenvalue weighted by atomic mass is 16.5. The first kappa shape index (κ1) is 21.9. The summed E-state index contributed by atoms with van der Waals surface area (Å²) in [6.45, 7) is 4.55. The Labute approximate surface area is 184 Å². The molecule has 3 aromatic rings. The van der Waals surface area contributed by atoms with Crippen molar-refractivity contribution in [3.8, 4) is 11.6 Å². The van der Waals surface area contributed by atoms with Crippen LogP contribution >= 0.6 is 0 Å². The van der Waals surface area contributed by atoms with Gasteiger partial charge in [-0.2, -0.15) is 5.10 Å². The number of ether oxygens (including phenoxy) is 3. The average molecular weight is 442 g/mol. The molecule has 0 saturated carbocycles. The van der Waals surface area contributed by atoms with Crippen molar-refractivity contribution in [2.24, 2.45) is 5.73 Å². The van der Waals surface area contributed by atoms with E-state index >= 15 is 0 Å². The first-order valence-electron chi connectivity index (χ1n) is 10.2. The number of anilines is 1. The molecule has 170 valence electrons. The number of methoxy groups -OCH3 is 1. The molecule has 0 radical (unpaired) electrons. The lowest BCUT2D eigenvalue weighted by Crippen LogP contribution is -2.30. The van der Waals surface area contributed by atoms with Gasteiger partial charge in [-0.1, -0.05) is 0 Å². The van der Waals surface area contributed by atoms with Gasteiger partial charge in [0.25, 0.3) is 0 Å². The van der Waals surface area contributed by atoms with Crippen molar-refractivity contribution in [1.82, 2.24) is 19.7 Å². The van der Waals surface area contributed by atoms with E-state index < -0.39 is 17.7 Å². The number of hydrogen-bond donors (Lipinski definition) is 3. The summed E-state index contributed by atoms with van der Waals surface area (Å²) in [6, 6.07) is 4.50. The van der Waals surface area contributed by atoms with E-state index in [-0.39, 0.29) is 6.61 Å². The molecule has 1 aliphatic rings. The number of aromatic nitrogens is 4. The van der Waals surface area contributed by atoms with Crippen molar-refractivity contribution in [3.63, 3.8) is 0 Å². The van der Waals surface area contributed by atoms with E-state index in [9.17, 15) is 9.90 Å². The molecule has 0 bridgehead atoms. The van der Waals surface area contributed by atoms with Gasteiger partial charge in [0.1, 0.15) is 23.8 Å². The van der Waals surface area contributed by atoms with Crippen LogP contribution in [0.4, 0.5) is 10.6 Å². The zero-order valence-electron chi connectivity index (χ0n) is 18.2. The molecule has 0 aromatic carbocycles. The van der Waals surface area contributed by atoms with E-state index in [0.29, 0.717) is 48.2 Å². The number of rotatable bonds is 7. The maximum atomic E-state index is 11.3. The lowest BCUT2D eigenvalue weighted by molar-refractivity contribution is -0.0248. The Morgan fingerprint density at radius 1 is 1.44 bits per heavy atom. The molecule has 2 amide bonds. The second kappa shape index (κ2) is 8.69. The van der Waals surface area contributed by atoms with Crippen molar-refractivity contribution in [2.75, 3.05) is 32.2 Å². The van der Waals surface area contributed by atoms with Gasteiger partial charge in [-0.05, 0) is 13.8 Å². The van der Waals surface area contributed by atoms with Gasteiger partial charge in [0, 0.05) is 49.9 Å². The van der Waals surface area contributed by atoms with E-state index in [0.717, 1.165) is 11.1 Å². The zero-order chi connectivity index (χ0) is 22.9. The third kappa shape index (κ3) is 4.22. The van der Waals surface area contributed by atoms with Gasteiger partial charge >= 0.3 is 6.03 Å². The Bertz CT molecular complexity index is 1140. The van der Waals surface area contributed by atoms with Crippen LogP contribution in [0.15, 0.2) is 24.4 Å². The zero-order valence-corrected chi connectivity index (χ0v) is 18.2. The van der Waals surface area contributed by atoms with Crippen LogP contribution in [0.3, 0.4) is 0 Å². The van der Waals surface area contributed by atoms with Crippen molar-refractivity contribution in [2.45, 2.75) is 32.0 Å². The minimum Gasteiger partial charge on any atom is -0.491 e. The van der Waals surface area contributed by atoms with Gasteiger partial charge in [0.15, 0.2) is 5.82 Å². The molecule has 1 aliphatic heterocycles. The third-order valence-electron chi connectivity index (χ3n) is 5.34. The second-order valence-corrected chi connectivity index (χ2v) is 7.78. The largest absolute Gasteiger partial charge is 0.491 e. The number of carbonyl (C=O) groups is 1. The Balaban J connectivity index is 1.86. The highest BCUT2D eigenvalue weighted by Crippen LogP contribution is 2.35. The number of nitrogens with one attached hydrogen (secondary N) is 1. The molecule has 4 N–H and O–H groups in total. The minimum absolute atomic E-state index is 0.120. The molecule has 1 saturated heterocycles. The summed E-state index contributed by atoms with van der Waals surface area (Å²) in [6.07, 6.45) is 1.63. The number of amides is 2. The smallest absolute Gasteiger partial charge is 0.317 e. The number of pyridine rings is 2. The second-order valence-electron chi connectivity index (χ2n) is 7.78. The van der Waals surface area contributed by atoms with Gasteiger partial charge < -0.3 is 25.1 Å². The predicted octanol–water partition coefficient (Wildman–Crippen LogP) is 1.64. The maximum Gasteiger partial charge on any atom is 0.317 e. The highest BCUT2D eigenvalue weighted by Gasteiger charge is 2.39. The van der Waals surface area contributed by atoms with Crippen LogP contribution in [0.1, 0.15) is 24.7 Å². The van der Waals surface area contributed by atoms with Crippen LogP contribution in [0.5, 0.6) is 5.75 Å². The number of nitrogens with two attached hydrogens (primary N) is 1. The fraction of sp³-hybridized carbons (Fsp3) is 0.429. The summed E-state index contributed by atoms with van der Waals surface area (Å²) < 4.78 is 18.9. The summed E-state index contributed by atoms with van der Waals surface area (Å²) in [5.41, 5.74) is 6.58. The van der Waals surface area contributed by atoms with Crippen molar-refractivity contribution in [1.29, 1.82) is 0 Å². The molecule has 11 nitrogen and oxygen atoms in total. The van der Waals surface area contributed by atoms with Gasteiger partial charge in [-0.25, -0.2) is 19.4 Å². The Morgan fingerprint density at radius 3 is 2.91 bits per heavy atom. The minimum atomic E-state index is -0.711. The molecule has 4 heterocycles. The molecule has 1 fully saturated rings. The number of aliphatic hydroxyl groups excluding tert-OH is 1. The van der Waals surface area contributed by atoms with Crippen LogP contribution in [-0.2, 0) is 15.1 Å². The highest BCUT2D eigenvalue weighted by molar-refractivity contribution is 5.90. The third-order valence-corrected chi connectivity index (χ3v) is 5.34. The summed E-state index contributed by atoms with van der Waals surface area (Å²) in [5, 5.41) is 17.6. The van der Waals surface area contributed by atoms with E-state index in [2.05, 4.69) is 15.4 Å². The van der Waals surface area contributed by atoms with Gasteiger partial charge in [-0.15, -0.1) is 0 Å². The number of hydrogen-bond acceptors (Lipinski definition) is 8. The van der Waals surface area contributed by atoms with Crippen LogP contribution in [-0.4, -0.2) is 63.9 Å². The monoisotopic (exact) mass is 442 g/mol. The van der Waals surface area contributed by atoms with E-state index in [1.54, 1.807) is 43.1 Å². The van der Waals surface area contributed by atoms with Gasteiger partial charge in [-0.3, -0.25) is 5.32 Å². The van der Waals surface area contributed by atoms with Crippen LogP contribution in [0.25, 0.3) is 16.7 Å². The number of nitrogens with zero attached hydrogens (tertiary/aromatic N) is 4. The Hall–Kier alpha value is -3.28. The fourth-order valence-electron chi connectivity index (χ4n) is 3.67. The first-order valence-corrected chi connectivity index (χ1v) is 10.2. The topological polar surface area (TPSA) is 147 Å². The quantitative estimate of drug-likeness (QED) is 0.500.